The largest absolute Gasteiger partial charge is 0.327 e. The third kappa shape index (κ3) is 3.57. The van der Waals surface area contributed by atoms with Gasteiger partial charge in [-0.3, -0.25) is 0 Å². The van der Waals surface area contributed by atoms with Gasteiger partial charge in [0.05, 0.1) is 0 Å². The van der Waals surface area contributed by atoms with E-state index >= 15 is 0 Å². The van der Waals surface area contributed by atoms with Crippen LogP contribution < -0.4 is 11.1 Å². The van der Waals surface area contributed by atoms with Gasteiger partial charge >= 0.3 is 0 Å². The third-order valence-corrected chi connectivity index (χ3v) is 2.41. The minimum absolute atomic E-state index is 0.0263. The normalized spacial score (nSPS) is 15.0. The van der Waals surface area contributed by atoms with Crippen molar-refractivity contribution in [2.45, 2.75) is 32.5 Å². The fraction of sp³-hybridized carbons (Fsp3) is 0.455. The van der Waals surface area contributed by atoms with Gasteiger partial charge in [0, 0.05) is 24.2 Å². The molecule has 3 N–H and O–H groups in total. The second-order valence-corrected chi connectivity index (χ2v) is 3.76. The molecule has 0 aliphatic carbocycles. The highest BCUT2D eigenvalue weighted by Crippen LogP contribution is 2.09. The molecule has 0 aliphatic rings. The van der Waals surface area contributed by atoms with Crippen molar-refractivity contribution in [1.29, 1.82) is 0 Å². The van der Waals surface area contributed by atoms with E-state index in [1.54, 1.807) is 0 Å². The number of halogens is 2. The SMILES string of the molecule is CC(N)C(C)NCc1cc(F)ccc1F. The summed E-state index contributed by atoms with van der Waals surface area (Å²) in [7, 11) is 0. The van der Waals surface area contributed by atoms with Crippen molar-refractivity contribution in [3.8, 4) is 0 Å². The minimum atomic E-state index is -0.429. The summed E-state index contributed by atoms with van der Waals surface area (Å²) in [6, 6.07) is 3.46. The van der Waals surface area contributed by atoms with E-state index < -0.39 is 11.6 Å². The molecule has 0 heterocycles. The van der Waals surface area contributed by atoms with Crippen LogP contribution in [0.15, 0.2) is 18.2 Å². The standard InChI is InChI=1S/C11H16F2N2/c1-7(14)8(2)15-6-9-5-10(12)3-4-11(9)13/h3-5,7-8,15H,6,14H2,1-2H3. The highest BCUT2D eigenvalue weighted by atomic mass is 19.1. The smallest absolute Gasteiger partial charge is 0.127 e. The van der Waals surface area contributed by atoms with Crippen molar-refractivity contribution in [1.82, 2.24) is 5.32 Å². The van der Waals surface area contributed by atoms with Gasteiger partial charge in [0.15, 0.2) is 0 Å². The van der Waals surface area contributed by atoms with Crippen LogP contribution in [0.3, 0.4) is 0 Å². The number of nitrogens with one attached hydrogen (secondary N) is 1. The molecule has 0 fully saturated rings. The lowest BCUT2D eigenvalue weighted by Gasteiger charge is -2.17. The maximum Gasteiger partial charge on any atom is 0.127 e. The van der Waals surface area contributed by atoms with E-state index in [2.05, 4.69) is 5.32 Å². The molecule has 84 valence electrons. The zero-order valence-corrected chi connectivity index (χ0v) is 8.93. The van der Waals surface area contributed by atoms with Crippen LogP contribution in [0.4, 0.5) is 8.78 Å². The van der Waals surface area contributed by atoms with E-state index in [4.69, 9.17) is 5.73 Å². The molecule has 2 atom stereocenters. The van der Waals surface area contributed by atoms with E-state index in [1.807, 2.05) is 13.8 Å². The monoisotopic (exact) mass is 214 g/mol. The lowest BCUT2D eigenvalue weighted by atomic mass is 10.1. The van der Waals surface area contributed by atoms with Gasteiger partial charge in [-0.05, 0) is 32.0 Å². The van der Waals surface area contributed by atoms with Crippen molar-refractivity contribution >= 4 is 0 Å². The summed E-state index contributed by atoms with van der Waals surface area (Å²) >= 11 is 0. The maximum absolute atomic E-state index is 13.2. The lowest BCUT2D eigenvalue weighted by molar-refractivity contribution is 0.468. The molecule has 0 amide bonds. The fourth-order valence-corrected chi connectivity index (χ4v) is 1.14. The number of rotatable bonds is 4. The first kappa shape index (κ1) is 12.1. The van der Waals surface area contributed by atoms with Crippen molar-refractivity contribution < 1.29 is 8.78 Å². The quantitative estimate of drug-likeness (QED) is 0.802. The van der Waals surface area contributed by atoms with E-state index in [0.717, 1.165) is 12.1 Å². The molecule has 0 spiro atoms. The molecule has 0 aromatic heterocycles. The van der Waals surface area contributed by atoms with Crippen LogP contribution in [0, 0.1) is 11.6 Å². The number of hydrogen-bond donors (Lipinski definition) is 2. The second kappa shape index (κ2) is 5.19. The molecule has 1 aromatic rings. The van der Waals surface area contributed by atoms with Gasteiger partial charge in [-0.2, -0.15) is 0 Å². The van der Waals surface area contributed by atoms with Crippen molar-refractivity contribution in [2.24, 2.45) is 5.73 Å². The molecule has 0 saturated heterocycles. The molecule has 2 nitrogen and oxygen atoms in total. The summed E-state index contributed by atoms with van der Waals surface area (Å²) in [5.74, 6) is -0.831. The van der Waals surface area contributed by atoms with Crippen LogP contribution in [0.2, 0.25) is 0 Å². The Labute approximate surface area is 88.5 Å². The Balaban J connectivity index is 2.61. The molecule has 0 aliphatic heterocycles. The zero-order chi connectivity index (χ0) is 11.4. The van der Waals surface area contributed by atoms with Crippen LogP contribution in [-0.4, -0.2) is 12.1 Å². The molecule has 2 unspecified atom stereocenters. The minimum Gasteiger partial charge on any atom is -0.327 e. The summed E-state index contributed by atoms with van der Waals surface area (Å²) in [6.45, 7) is 4.05. The number of hydrogen-bond acceptors (Lipinski definition) is 2. The van der Waals surface area contributed by atoms with Crippen LogP contribution in [0.5, 0.6) is 0 Å². The molecule has 0 radical (unpaired) electrons. The van der Waals surface area contributed by atoms with Gasteiger partial charge in [0.25, 0.3) is 0 Å². The predicted molar refractivity (Wildman–Crippen MR) is 56.3 cm³/mol. The second-order valence-electron chi connectivity index (χ2n) is 3.76. The van der Waals surface area contributed by atoms with E-state index in [0.29, 0.717) is 5.56 Å². The molecule has 4 heteroatoms. The van der Waals surface area contributed by atoms with Gasteiger partial charge in [-0.1, -0.05) is 0 Å². The van der Waals surface area contributed by atoms with Gasteiger partial charge < -0.3 is 11.1 Å². The molecule has 15 heavy (non-hydrogen) atoms. The number of nitrogens with two attached hydrogens (primary N) is 1. The fourth-order valence-electron chi connectivity index (χ4n) is 1.14. The van der Waals surface area contributed by atoms with Gasteiger partial charge in [-0.15, -0.1) is 0 Å². The third-order valence-electron chi connectivity index (χ3n) is 2.41. The zero-order valence-electron chi connectivity index (χ0n) is 8.93. The average Bonchev–Trinajstić information content (AvgIpc) is 2.18. The van der Waals surface area contributed by atoms with Gasteiger partial charge in [0.1, 0.15) is 11.6 Å². The summed E-state index contributed by atoms with van der Waals surface area (Å²) in [5.41, 5.74) is 5.96. The van der Waals surface area contributed by atoms with E-state index in [9.17, 15) is 8.78 Å². The van der Waals surface area contributed by atoms with Crippen LogP contribution in [-0.2, 0) is 6.54 Å². The summed E-state index contributed by atoms with van der Waals surface area (Å²) in [6.07, 6.45) is 0. The molecule has 0 saturated carbocycles. The first-order chi connectivity index (χ1) is 7.00. The Kier molecular flexibility index (Phi) is 4.17. The van der Waals surface area contributed by atoms with Gasteiger partial charge in [0.2, 0.25) is 0 Å². The topological polar surface area (TPSA) is 38.0 Å². The Bertz CT molecular complexity index is 326. The maximum atomic E-state index is 13.2. The van der Waals surface area contributed by atoms with E-state index in [-0.39, 0.29) is 18.6 Å². The first-order valence-electron chi connectivity index (χ1n) is 4.93. The van der Waals surface area contributed by atoms with Crippen LogP contribution in [0.1, 0.15) is 19.4 Å². The molecular formula is C11H16F2N2. The van der Waals surface area contributed by atoms with Crippen LogP contribution >= 0.6 is 0 Å². The first-order valence-corrected chi connectivity index (χ1v) is 4.93. The number of benzene rings is 1. The highest BCUT2D eigenvalue weighted by molar-refractivity contribution is 5.18. The van der Waals surface area contributed by atoms with E-state index in [1.165, 1.54) is 6.07 Å². The van der Waals surface area contributed by atoms with Crippen LogP contribution in [0.25, 0.3) is 0 Å². The summed E-state index contributed by atoms with van der Waals surface area (Å²) < 4.78 is 26.0. The molecule has 1 aromatic carbocycles. The predicted octanol–water partition coefficient (Wildman–Crippen LogP) is 1.79. The lowest BCUT2D eigenvalue weighted by Crippen LogP contribution is -2.40. The molecule has 1 rings (SSSR count). The summed E-state index contributed by atoms with van der Waals surface area (Å²) in [4.78, 5) is 0. The Morgan fingerprint density at radius 1 is 1.33 bits per heavy atom. The summed E-state index contributed by atoms with van der Waals surface area (Å²) in [5, 5.41) is 3.03. The Morgan fingerprint density at radius 3 is 2.60 bits per heavy atom. The highest BCUT2D eigenvalue weighted by Gasteiger charge is 2.08. The van der Waals surface area contributed by atoms with Crippen molar-refractivity contribution in [3.05, 3.63) is 35.4 Å². The Morgan fingerprint density at radius 2 is 2.00 bits per heavy atom. The van der Waals surface area contributed by atoms with Gasteiger partial charge in [-0.25, -0.2) is 8.78 Å². The average molecular weight is 214 g/mol. The molecule has 0 bridgehead atoms. The molecular weight excluding hydrogens is 198 g/mol. The van der Waals surface area contributed by atoms with Crippen molar-refractivity contribution in [2.75, 3.05) is 0 Å². The Hall–Kier alpha value is -1.00. The van der Waals surface area contributed by atoms with Crippen molar-refractivity contribution in [3.63, 3.8) is 0 Å².